The fourth-order valence-corrected chi connectivity index (χ4v) is 2.56. The van der Waals surface area contributed by atoms with Crippen molar-refractivity contribution in [1.82, 2.24) is 20.5 Å². The number of hydrogen-bond acceptors (Lipinski definition) is 3. The Kier molecular flexibility index (Phi) is 8.73. The molecule has 0 aliphatic carbocycles. The average molecular weight is 314 g/mol. The highest BCUT2D eigenvalue weighted by molar-refractivity contribution is 5.76. The quantitative estimate of drug-likeness (QED) is 0.718. The van der Waals surface area contributed by atoms with Crippen LogP contribution < -0.4 is 5.32 Å². The van der Waals surface area contributed by atoms with Gasteiger partial charge in [0.05, 0.1) is 17.6 Å². The van der Waals surface area contributed by atoms with Crippen molar-refractivity contribution in [3.63, 3.8) is 0 Å². The van der Waals surface area contributed by atoms with Gasteiger partial charge in [0, 0.05) is 29.6 Å². The highest BCUT2D eigenvalue weighted by Crippen LogP contribution is 2.25. The molecule has 0 aromatic carbocycles. The normalized spacial score (nSPS) is 10.1. The van der Waals surface area contributed by atoms with Gasteiger partial charge in [0.2, 0.25) is 0 Å². The summed E-state index contributed by atoms with van der Waals surface area (Å²) in [5, 5.41) is 10.8. The van der Waals surface area contributed by atoms with Crippen LogP contribution in [-0.2, 0) is 0 Å². The average Bonchev–Trinajstić information content (AvgIpc) is 3.08. The van der Waals surface area contributed by atoms with Crippen molar-refractivity contribution < 1.29 is 0 Å². The Morgan fingerprint density at radius 3 is 2.48 bits per heavy atom. The smallest absolute Gasteiger partial charge is 0.0882 e. The molecule has 0 atom stereocenters. The lowest BCUT2D eigenvalue weighted by Crippen LogP contribution is -2.27. The predicted octanol–water partition coefficient (Wildman–Crippen LogP) is 5.03. The lowest BCUT2D eigenvalue weighted by Gasteiger charge is -2.20. The minimum absolute atomic E-state index is 0.470. The number of aromatic amines is 1. The van der Waals surface area contributed by atoms with Gasteiger partial charge in [-0.25, -0.2) is 0 Å². The summed E-state index contributed by atoms with van der Waals surface area (Å²) < 4.78 is 0. The number of hydrogen-bond donors (Lipinski definition) is 2. The summed E-state index contributed by atoms with van der Waals surface area (Å²) in [6.45, 7) is 12.6. The monoisotopic (exact) mass is 314 g/mol. The third-order valence-electron chi connectivity index (χ3n) is 3.57. The highest BCUT2D eigenvalue weighted by atomic mass is 15.1. The highest BCUT2D eigenvalue weighted by Gasteiger charge is 2.14. The molecule has 0 aliphatic heterocycles. The molecule has 0 fully saturated rings. The molecular weight excluding hydrogens is 284 g/mol. The maximum atomic E-state index is 4.18. The molecule has 4 heteroatoms. The molecule has 126 valence electrons. The van der Waals surface area contributed by atoms with Gasteiger partial charge in [-0.15, -0.1) is 0 Å². The third-order valence-corrected chi connectivity index (χ3v) is 3.57. The second-order valence-electron chi connectivity index (χ2n) is 5.30. The Morgan fingerprint density at radius 1 is 1.22 bits per heavy atom. The first-order valence-corrected chi connectivity index (χ1v) is 8.65. The zero-order chi connectivity index (χ0) is 17.1. The molecule has 0 saturated heterocycles. The molecule has 2 N–H and O–H groups in total. The summed E-state index contributed by atoms with van der Waals surface area (Å²) >= 11 is 0. The molecule has 23 heavy (non-hydrogen) atoms. The maximum Gasteiger partial charge on any atom is 0.0882 e. The standard InChI is InChI=1S/C17H24N4.C2H6/c1-4-7-15(8-5-2)20-13(3)17-16(12-19-21-17)14-9-6-10-18-11-14;1-2/h6,9-12,15,20H,3-5,7-8H2,1-2H3,(H,19,21);1-2H3. The lowest BCUT2D eigenvalue weighted by atomic mass is 10.0. The summed E-state index contributed by atoms with van der Waals surface area (Å²) in [5.41, 5.74) is 3.93. The van der Waals surface area contributed by atoms with Crippen LogP contribution in [0.2, 0.25) is 0 Å². The summed E-state index contributed by atoms with van der Waals surface area (Å²) in [5.74, 6) is 0. The first kappa shape index (κ1) is 18.9. The zero-order valence-electron chi connectivity index (χ0n) is 14.9. The van der Waals surface area contributed by atoms with Crippen LogP contribution in [0.15, 0.2) is 37.3 Å². The van der Waals surface area contributed by atoms with Crippen molar-refractivity contribution in [1.29, 1.82) is 0 Å². The number of pyridine rings is 1. The minimum atomic E-state index is 0.470. The van der Waals surface area contributed by atoms with Crippen molar-refractivity contribution in [2.24, 2.45) is 0 Å². The van der Waals surface area contributed by atoms with Crippen LogP contribution in [0.5, 0.6) is 0 Å². The molecule has 0 spiro atoms. The fourth-order valence-electron chi connectivity index (χ4n) is 2.56. The Labute approximate surface area is 140 Å². The lowest BCUT2D eigenvalue weighted by molar-refractivity contribution is 0.502. The Balaban J connectivity index is 0.00000127. The molecule has 0 unspecified atom stereocenters. The van der Waals surface area contributed by atoms with Crippen molar-refractivity contribution >= 4 is 5.70 Å². The number of nitrogens with one attached hydrogen (secondary N) is 2. The van der Waals surface area contributed by atoms with Crippen LogP contribution in [0.25, 0.3) is 16.8 Å². The van der Waals surface area contributed by atoms with Gasteiger partial charge in [-0.2, -0.15) is 5.10 Å². The first-order chi connectivity index (χ1) is 11.3. The van der Waals surface area contributed by atoms with Gasteiger partial charge >= 0.3 is 0 Å². The van der Waals surface area contributed by atoms with Gasteiger partial charge in [-0.3, -0.25) is 10.1 Å². The first-order valence-electron chi connectivity index (χ1n) is 8.65. The van der Waals surface area contributed by atoms with Gasteiger partial charge < -0.3 is 5.32 Å². The second-order valence-corrected chi connectivity index (χ2v) is 5.30. The molecule has 0 bridgehead atoms. The molecule has 0 amide bonds. The van der Waals surface area contributed by atoms with Gasteiger partial charge in [-0.1, -0.05) is 53.2 Å². The Bertz CT molecular complexity index is 554. The van der Waals surface area contributed by atoms with E-state index in [1.807, 2.05) is 38.4 Å². The number of H-pyrrole nitrogens is 1. The topological polar surface area (TPSA) is 53.6 Å². The van der Waals surface area contributed by atoms with E-state index in [0.717, 1.165) is 35.4 Å². The zero-order valence-corrected chi connectivity index (χ0v) is 14.9. The third kappa shape index (κ3) is 5.55. The van der Waals surface area contributed by atoms with E-state index in [0.29, 0.717) is 6.04 Å². The predicted molar refractivity (Wildman–Crippen MR) is 98.9 cm³/mol. The number of aromatic nitrogens is 3. The van der Waals surface area contributed by atoms with Crippen LogP contribution in [0.3, 0.4) is 0 Å². The van der Waals surface area contributed by atoms with E-state index in [2.05, 4.69) is 40.9 Å². The molecular formula is C19H30N4. The van der Waals surface area contributed by atoms with E-state index in [1.54, 1.807) is 6.20 Å². The largest absolute Gasteiger partial charge is 0.381 e. The summed E-state index contributed by atoms with van der Waals surface area (Å²) in [4.78, 5) is 4.17. The van der Waals surface area contributed by atoms with E-state index >= 15 is 0 Å². The molecule has 4 nitrogen and oxygen atoms in total. The molecule has 2 aromatic heterocycles. The van der Waals surface area contributed by atoms with E-state index in [1.165, 1.54) is 12.8 Å². The summed E-state index contributed by atoms with van der Waals surface area (Å²) in [6, 6.07) is 4.43. The van der Waals surface area contributed by atoms with E-state index in [4.69, 9.17) is 0 Å². The second kappa shape index (κ2) is 10.6. The number of rotatable bonds is 8. The fraction of sp³-hybridized carbons (Fsp3) is 0.474. The van der Waals surface area contributed by atoms with Gasteiger partial charge in [0.25, 0.3) is 0 Å². The number of nitrogens with zero attached hydrogens (tertiary/aromatic N) is 2. The van der Waals surface area contributed by atoms with Crippen molar-refractivity contribution in [3.05, 3.63) is 43.0 Å². The minimum Gasteiger partial charge on any atom is -0.381 e. The van der Waals surface area contributed by atoms with E-state index in [9.17, 15) is 0 Å². The van der Waals surface area contributed by atoms with Gasteiger partial charge in [0.15, 0.2) is 0 Å². The van der Waals surface area contributed by atoms with E-state index < -0.39 is 0 Å². The van der Waals surface area contributed by atoms with E-state index in [-0.39, 0.29) is 0 Å². The molecule has 2 rings (SSSR count). The van der Waals surface area contributed by atoms with Crippen LogP contribution in [0, 0.1) is 0 Å². The Morgan fingerprint density at radius 2 is 1.91 bits per heavy atom. The molecule has 0 aliphatic rings. The van der Waals surface area contributed by atoms with Crippen LogP contribution in [-0.4, -0.2) is 21.2 Å². The van der Waals surface area contributed by atoms with Gasteiger partial charge in [0.1, 0.15) is 0 Å². The maximum absolute atomic E-state index is 4.18. The Hall–Kier alpha value is -2.10. The van der Waals surface area contributed by atoms with Crippen molar-refractivity contribution in [3.8, 4) is 11.1 Å². The molecule has 2 aromatic rings. The van der Waals surface area contributed by atoms with Crippen LogP contribution in [0.1, 0.15) is 59.1 Å². The summed E-state index contributed by atoms with van der Waals surface area (Å²) in [7, 11) is 0. The summed E-state index contributed by atoms with van der Waals surface area (Å²) in [6.07, 6.45) is 10.1. The molecule has 0 saturated carbocycles. The van der Waals surface area contributed by atoms with Crippen LogP contribution in [0.4, 0.5) is 0 Å². The van der Waals surface area contributed by atoms with Crippen molar-refractivity contribution in [2.45, 2.75) is 59.4 Å². The molecule has 2 heterocycles. The van der Waals surface area contributed by atoms with Crippen LogP contribution >= 0.6 is 0 Å². The SMILES string of the molecule is C=C(NC(CCC)CCC)c1[nH]ncc1-c1cccnc1.CC. The van der Waals surface area contributed by atoms with Gasteiger partial charge in [-0.05, 0) is 18.9 Å². The molecule has 0 radical (unpaired) electrons. The van der Waals surface area contributed by atoms with Crippen molar-refractivity contribution in [2.75, 3.05) is 0 Å².